The lowest BCUT2D eigenvalue weighted by Crippen LogP contribution is -2.13. The molecule has 1 heterocycles. The molecule has 0 atom stereocenters. The van der Waals surface area contributed by atoms with Crippen LogP contribution in [0.3, 0.4) is 0 Å². The molecule has 0 amide bonds. The highest BCUT2D eigenvalue weighted by Crippen LogP contribution is 2.48. The second-order valence-corrected chi connectivity index (χ2v) is 12.5. The first-order chi connectivity index (χ1) is 25.3. The molecule has 3 heteroatoms. The van der Waals surface area contributed by atoms with Gasteiger partial charge in [0.2, 0.25) is 0 Å². The molecule has 0 saturated carbocycles. The molecule has 0 N–H and O–H groups in total. The number of benzene rings is 8. The zero-order chi connectivity index (χ0) is 34.0. The van der Waals surface area contributed by atoms with Crippen LogP contribution in [-0.4, -0.2) is 0 Å². The fourth-order valence-corrected chi connectivity index (χ4v) is 7.16. The molecule has 51 heavy (non-hydrogen) atoms. The molecule has 9 aromatic rings. The minimum atomic E-state index is 0.858. The van der Waals surface area contributed by atoms with Gasteiger partial charge in [-0.2, -0.15) is 0 Å². The summed E-state index contributed by atoms with van der Waals surface area (Å²) in [4.78, 5) is 4.73. The summed E-state index contributed by atoms with van der Waals surface area (Å²) in [5.74, 6) is 0. The Morgan fingerprint density at radius 1 is 0.294 bits per heavy atom. The topological polar surface area (TPSA) is 19.6 Å². The van der Waals surface area contributed by atoms with Crippen LogP contribution in [0, 0.1) is 0 Å². The zero-order valence-corrected chi connectivity index (χ0v) is 27.9. The predicted molar refractivity (Wildman–Crippen MR) is 214 cm³/mol. The van der Waals surface area contributed by atoms with Gasteiger partial charge in [-0.3, -0.25) is 0 Å². The molecular weight excluding hydrogens is 621 g/mol. The summed E-state index contributed by atoms with van der Waals surface area (Å²) in [5.41, 5.74) is 12.8. The number of hydrogen-bond acceptors (Lipinski definition) is 3. The number of rotatable bonds is 8. The van der Waals surface area contributed by atoms with Crippen molar-refractivity contribution in [3.63, 3.8) is 0 Å². The van der Waals surface area contributed by atoms with Crippen LogP contribution in [0.5, 0.6) is 0 Å². The molecule has 0 fully saturated rings. The zero-order valence-electron chi connectivity index (χ0n) is 27.9. The molecule has 0 aliphatic carbocycles. The van der Waals surface area contributed by atoms with Crippen LogP contribution in [0.2, 0.25) is 0 Å². The standard InChI is InChI=1S/C48H34N2O/c1-4-17-35(18-5-1)36-31-33-39(34-32-36)50(45-28-16-30-47-48(45)42-25-12-15-29-46(42)51-47)44-27-14-11-24-41(44)40-23-10-13-26-43(40)49(37-19-6-2-7-20-37)38-21-8-3-9-22-38/h1-34H. The normalized spacial score (nSPS) is 11.1. The fraction of sp³-hybridized carbons (Fsp3) is 0. The quantitative estimate of drug-likeness (QED) is 0.163. The molecule has 3 nitrogen and oxygen atoms in total. The molecule has 0 radical (unpaired) electrons. The van der Waals surface area contributed by atoms with Crippen LogP contribution in [0.4, 0.5) is 34.1 Å². The van der Waals surface area contributed by atoms with Crippen molar-refractivity contribution < 1.29 is 4.42 Å². The van der Waals surface area contributed by atoms with Gasteiger partial charge in [0, 0.05) is 33.6 Å². The lowest BCUT2D eigenvalue weighted by atomic mass is 9.97. The third-order valence-electron chi connectivity index (χ3n) is 9.46. The maximum Gasteiger partial charge on any atom is 0.137 e. The third kappa shape index (κ3) is 5.61. The highest BCUT2D eigenvalue weighted by Gasteiger charge is 2.24. The molecule has 0 aliphatic heterocycles. The predicted octanol–water partition coefficient (Wildman–Crippen LogP) is 13.9. The molecule has 0 saturated heterocycles. The van der Waals surface area contributed by atoms with Gasteiger partial charge in [0.25, 0.3) is 0 Å². The van der Waals surface area contributed by atoms with Crippen LogP contribution in [0.15, 0.2) is 211 Å². The van der Waals surface area contributed by atoms with E-state index in [1.165, 1.54) is 11.1 Å². The largest absolute Gasteiger partial charge is 0.456 e. The molecule has 8 aromatic carbocycles. The lowest BCUT2D eigenvalue weighted by Gasteiger charge is -2.31. The molecule has 0 unspecified atom stereocenters. The monoisotopic (exact) mass is 654 g/mol. The number of fused-ring (bicyclic) bond motifs is 3. The number of furan rings is 1. The Balaban J connectivity index is 1.29. The first-order valence-electron chi connectivity index (χ1n) is 17.3. The molecule has 0 bridgehead atoms. The average Bonchev–Trinajstić information content (AvgIpc) is 3.60. The van der Waals surface area contributed by atoms with Gasteiger partial charge in [-0.1, -0.05) is 140 Å². The summed E-state index contributed by atoms with van der Waals surface area (Å²) >= 11 is 0. The number of nitrogens with zero attached hydrogens (tertiary/aromatic N) is 2. The summed E-state index contributed by atoms with van der Waals surface area (Å²) in [6.45, 7) is 0. The minimum Gasteiger partial charge on any atom is -0.456 e. The Hall–Kier alpha value is -6.84. The molecular formula is C48H34N2O. The molecule has 1 aromatic heterocycles. The summed E-state index contributed by atoms with van der Waals surface area (Å²) in [7, 11) is 0. The van der Waals surface area contributed by atoms with Gasteiger partial charge in [-0.05, 0) is 77.9 Å². The van der Waals surface area contributed by atoms with E-state index in [0.717, 1.165) is 67.2 Å². The minimum absolute atomic E-state index is 0.858. The number of para-hydroxylation sites is 5. The van der Waals surface area contributed by atoms with Gasteiger partial charge in [-0.25, -0.2) is 0 Å². The van der Waals surface area contributed by atoms with E-state index < -0.39 is 0 Å². The maximum absolute atomic E-state index is 6.42. The summed E-state index contributed by atoms with van der Waals surface area (Å²) in [6.07, 6.45) is 0. The van der Waals surface area contributed by atoms with Gasteiger partial charge in [0.15, 0.2) is 0 Å². The van der Waals surface area contributed by atoms with Gasteiger partial charge >= 0.3 is 0 Å². The van der Waals surface area contributed by atoms with Crippen LogP contribution < -0.4 is 9.80 Å². The Morgan fingerprint density at radius 2 is 0.745 bits per heavy atom. The Kier molecular flexibility index (Phi) is 7.84. The van der Waals surface area contributed by atoms with Crippen molar-refractivity contribution in [3.05, 3.63) is 206 Å². The average molecular weight is 655 g/mol. The van der Waals surface area contributed by atoms with E-state index >= 15 is 0 Å². The smallest absolute Gasteiger partial charge is 0.137 e. The van der Waals surface area contributed by atoms with E-state index in [9.17, 15) is 0 Å². The number of anilines is 6. The molecule has 242 valence electrons. The van der Waals surface area contributed by atoms with Crippen molar-refractivity contribution >= 4 is 56.1 Å². The summed E-state index contributed by atoms with van der Waals surface area (Å²) in [6, 6.07) is 72.7. The lowest BCUT2D eigenvalue weighted by molar-refractivity contribution is 0.669. The van der Waals surface area contributed by atoms with E-state index in [-0.39, 0.29) is 0 Å². The van der Waals surface area contributed by atoms with Crippen LogP contribution >= 0.6 is 0 Å². The van der Waals surface area contributed by atoms with Crippen molar-refractivity contribution in [2.75, 3.05) is 9.80 Å². The van der Waals surface area contributed by atoms with Gasteiger partial charge in [-0.15, -0.1) is 0 Å². The van der Waals surface area contributed by atoms with E-state index in [1.54, 1.807) is 0 Å². The first-order valence-corrected chi connectivity index (χ1v) is 17.3. The van der Waals surface area contributed by atoms with E-state index in [0.29, 0.717) is 0 Å². The van der Waals surface area contributed by atoms with Crippen molar-refractivity contribution in [2.45, 2.75) is 0 Å². The second kappa shape index (κ2) is 13.2. The highest BCUT2D eigenvalue weighted by molar-refractivity contribution is 6.14. The summed E-state index contributed by atoms with van der Waals surface area (Å²) in [5, 5.41) is 2.17. The van der Waals surface area contributed by atoms with Crippen LogP contribution in [0.1, 0.15) is 0 Å². The van der Waals surface area contributed by atoms with Crippen molar-refractivity contribution in [1.82, 2.24) is 0 Å². The highest BCUT2D eigenvalue weighted by atomic mass is 16.3. The van der Waals surface area contributed by atoms with Crippen LogP contribution in [-0.2, 0) is 0 Å². The van der Waals surface area contributed by atoms with Crippen LogP contribution in [0.25, 0.3) is 44.2 Å². The van der Waals surface area contributed by atoms with E-state index in [4.69, 9.17) is 4.42 Å². The first kappa shape index (κ1) is 30.2. The van der Waals surface area contributed by atoms with Gasteiger partial charge < -0.3 is 14.2 Å². The Labute approximate surface area is 297 Å². The second-order valence-electron chi connectivity index (χ2n) is 12.5. The van der Waals surface area contributed by atoms with E-state index in [2.05, 4.69) is 204 Å². The van der Waals surface area contributed by atoms with Crippen molar-refractivity contribution in [1.29, 1.82) is 0 Å². The van der Waals surface area contributed by atoms with Gasteiger partial charge in [0.05, 0.1) is 22.4 Å². The number of hydrogen-bond donors (Lipinski definition) is 0. The maximum atomic E-state index is 6.42. The molecule has 0 aliphatic rings. The summed E-state index contributed by atoms with van der Waals surface area (Å²) < 4.78 is 6.42. The Bertz CT molecular complexity index is 2540. The fourth-order valence-electron chi connectivity index (χ4n) is 7.16. The Morgan fingerprint density at radius 3 is 1.39 bits per heavy atom. The van der Waals surface area contributed by atoms with E-state index in [1.807, 2.05) is 12.1 Å². The molecule has 9 rings (SSSR count). The van der Waals surface area contributed by atoms with Gasteiger partial charge in [0.1, 0.15) is 11.2 Å². The van der Waals surface area contributed by atoms with Crippen molar-refractivity contribution in [3.8, 4) is 22.3 Å². The third-order valence-corrected chi connectivity index (χ3v) is 9.46. The SMILES string of the molecule is c1ccc(-c2ccc(N(c3ccccc3-c3ccccc3N(c3ccccc3)c3ccccc3)c3cccc4oc5ccccc5c34)cc2)cc1. The van der Waals surface area contributed by atoms with Crippen molar-refractivity contribution in [2.24, 2.45) is 0 Å². The molecule has 0 spiro atoms.